The summed E-state index contributed by atoms with van der Waals surface area (Å²) in [5, 5.41) is 0. The van der Waals surface area contributed by atoms with E-state index in [0.717, 1.165) is 5.69 Å². The molecule has 1 aromatic rings. The Labute approximate surface area is 59.3 Å². The highest BCUT2D eigenvalue weighted by molar-refractivity contribution is 5.05. The van der Waals surface area contributed by atoms with Crippen molar-refractivity contribution in [2.24, 2.45) is 0 Å². The minimum Gasteiger partial charge on any atom is -0.329 e. The number of nitrogens with zero attached hydrogens (tertiary/aromatic N) is 1. The van der Waals surface area contributed by atoms with Crippen molar-refractivity contribution in [2.75, 3.05) is 12.5 Å². The molecule has 0 fully saturated rings. The average Bonchev–Trinajstić information content (AvgIpc) is 1.88. The highest BCUT2D eigenvalue weighted by Crippen LogP contribution is 1.88. The first-order valence-corrected chi connectivity index (χ1v) is 3.11. The zero-order chi connectivity index (χ0) is 7.56. The molecule has 0 radical (unpaired) electrons. The summed E-state index contributed by atoms with van der Waals surface area (Å²) >= 11 is 0. The van der Waals surface area contributed by atoms with Gasteiger partial charge in [0.15, 0.2) is 5.43 Å². The maximum Gasteiger partial charge on any atom is 0.181 e. The molecule has 10 heavy (non-hydrogen) atoms. The van der Waals surface area contributed by atoms with Gasteiger partial charge in [-0.2, -0.15) is 0 Å². The predicted octanol–water partition coefficient (Wildman–Crippen LogP) is 0.330. The summed E-state index contributed by atoms with van der Waals surface area (Å²) in [6.45, 7) is 1.87. The number of hydrogen-bond acceptors (Lipinski definition) is 2. The highest BCUT2D eigenvalue weighted by Gasteiger charge is 1.89. The van der Waals surface area contributed by atoms with Crippen molar-refractivity contribution >= 4 is 0 Å². The van der Waals surface area contributed by atoms with E-state index < -0.39 is 0 Å². The minimum absolute atomic E-state index is 0.0454. The number of aromatic nitrogens is 1. The lowest BCUT2D eigenvalue weighted by molar-refractivity contribution is 0.865. The van der Waals surface area contributed by atoms with Gasteiger partial charge < -0.3 is 5.43 Å². The van der Waals surface area contributed by atoms with Gasteiger partial charge in [0.2, 0.25) is 0 Å². The van der Waals surface area contributed by atoms with Gasteiger partial charge in [-0.15, -0.1) is 0 Å². The van der Waals surface area contributed by atoms with E-state index in [1.54, 1.807) is 24.0 Å². The maximum atomic E-state index is 10.7. The highest BCUT2D eigenvalue weighted by atomic mass is 16.1. The number of hydrogen-bond donors (Lipinski definition) is 1. The SMILES string of the molecule is CNn1ccc(=O)cc1C. The fraction of sp³-hybridized carbons (Fsp3) is 0.286. The number of rotatable bonds is 1. The van der Waals surface area contributed by atoms with Gasteiger partial charge in [0.25, 0.3) is 0 Å². The molecule has 0 bridgehead atoms. The van der Waals surface area contributed by atoms with Gasteiger partial charge in [0, 0.05) is 31.1 Å². The van der Waals surface area contributed by atoms with Gasteiger partial charge >= 0.3 is 0 Å². The van der Waals surface area contributed by atoms with Gasteiger partial charge in [0.1, 0.15) is 0 Å². The Kier molecular flexibility index (Phi) is 1.76. The number of pyridine rings is 1. The van der Waals surface area contributed by atoms with Crippen molar-refractivity contribution in [3.8, 4) is 0 Å². The summed E-state index contributed by atoms with van der Waals surface area (Å²) in [5.74, 6) is 0. The summed E-state index contributed by atoms with van der Waals surface area (Å²) < 4.78 is 1.78. The second-order valence-corrected chi connectivity index (χ2v) is 2.10. The fourth-order valence-electron chi connectivity index (χ4n) is 0.840. The minimum atomic E-state index is 0.0454. The molecule has 1 aromatic heterocycles. The molecule has 0 aliphatic heterocycles. The quantitative estimate of drug-likeness (QED) is 0.606. The predicted molar refractivity (Wildman–Crippen MR) is 40.7 cm³/mol. The summed E-state index contributed by atoms with van der Waals surface area (Å²) in [6, 6.07) is 3.10. The third-order valence-electron chi connectivity index (χ3n) is 1.36. The monoisotopic (exact) mass is 138 g/mol. The van der Waals surface area contributed by atoms with Crippen LogP contribution in [-0.4, -0.2) is 11.7 Å². The van der Waals surface area contributed by atoms with Gasteiger partial charge in [-0.1, -0.05) is 0 Å². The molecule has 1 heterocycles. The van der Waals surface area contributed by atoms with Crippen molar-refractivity contribution in [3.63, 3.8) is 0 Å². The van der Waals surface area contributed by atoms with Crippen LogP contribution in [0, 0.1) is 6.92 Å². The third kappa shape index (κ3) is 1.18. The Morgan fingerprint density at radius 1 is 1.60 bits per heavy atom. The molecular weight excluding hydrogens is 128 g/mol. The van der Waals surface area contributed by atoms with E-state index in [2.05, 4.69) is 5.43 Å². The van der Waals surface area contributed by atoms with E-state index in [1.165, 1.54) is 6.07 Å². The number of nitrogens with one attached hydrogen (secondary N) is 1. The molecule has 0 atom stereocenters. The Hall–Kier alpha value is -1.25. The molecule has 3 heteroatoms. The summed E-state index contributed by atoms with van der Waals surface area (Å²) in [7, 11) is 1.80. The smallest absolute Gasteiger partial charge is 0.181 e. The number of aryl methyl sites for hydroxylation is 1. The standard InChI is InChI=1S/C7H10N2O/c1-6-5-7(10)3-4-9(6)8-2/h3-5,8H,1-2H3. The molecule has 0 amide bonds. The topological polar surface area (TPSA) is 34.0 Å². The summed E-state index contributed by atoms with van der Waals surface area (Å²) in [6.07, 6.45) is 1.71. The third-order valence-corrected chi connectivity index (χ3v) is 1.36. The molecule has 1 rings (SSSR count). The van der Waals surface area contributed by atoms with Crippen LogP contribution >= 0.6 is 0 Å². The van der Waals surface area contributed by atoms with E-state index in [9.17, 15) is 4.79 Å². The zero-order valence-electron chi connectivity index (χ0n) is 6.09. The molecule has 1 N–H and O–H groups in total. The molecule has 3 nitrogen and oxygen atoms in total. The Morgan fingerprint density at radius 2 is 2.30 bits per heavy atom. The van der Waals surface area contributed by atoms with Crippen LogP contribution in [0.3, 0.4) is 0 Å². The molecule has 0 saturated carbocycles. The maximum absolute atomic E-state index is 10.7. The lowest BCUT2D eigenvalue weighted by Crippen LogP contribution is -2.15. The molecule has 0 aromatic carbocycles. The largest absolute Gasteiger partial charge is 0.329 e. The molecule has 0 saturated heterocycles. The zero-order valence-corrected chi connectivity index (χ0v) is 6.09. The average molecular weight is 138 g/mol. The van der Waals surface area contributed by atoms with Gasteiger partial charge in [-0.05, 0) is 6.92 Å². The fourth-order valence-corrected chi connectivity index (χ4v) is 0.840. The van der Waals surface area contributed by atoms with Crippen molar-refractivity contribution < 1.29 is 0 Å². The van der Waals surface area contributed by atoms with Gasteiger partial charge in [0.05, 0.1) is 0 Å². The first kappa shape index (κ1) is 6.86. The van der Waals surface area contributed by atoms with Crippen LogP contribution in [0.25, 0.3) is 0 Å². The van der Waals surface area contributed by atoms with E-state index in [-0.39, 0.29) is 5.43 Å². The lowest BCUT2D eigenvalue weighted by atomic mass is 10.4. The van der Waals surface area contributed by atoms with E-state index >= 15 is 0 Å². The van der Waals surface area contributed by atoms with Crippen LogP contribution in [0.4, 0.5) is 0 Å². The van der Waals surface area contributed by atoms with Crippen molar-refractivity contribution in [1.29, 1.82) is 0 Å². The van der Waals surface area contributed by atoms with Crippen molar-refractivity contribution in [1.82, 2.24) is 4.68 Å². The molecule has 54 valence electrons. The van der Waals surface area contributed by atoms with E-state index in [0.29, 0.717) is 0 Å². The summed E-state index contributed by atoms with van der Waals surface area (Å²) in [4.78, 5) is 10.7. The second kappa shape index (κ2) is 2.56. The Bertz CT molecular complexity index is 277. The Balaban J connectivity index is 3.19. The van der Waals surface area contributed by atoms with Crippen molar-refractivity contribution in [3.05, 3.63) is 34.2 Å². The van der Waals surface area contributed by atoms with Gasteiger partial charge in [-0.3, -0.25) is 9.47 Å². The second-order valence-electron chi connectivity index (χ2n) is 2.10. The van der Waals surface area contributed by atoms with Crippen LogP contribution in [0.5, 0.6) is 0 Å². The van der Waals surface area contributed by atoms with Crippen LogP contribution in [-0.2, 0) is 0 Å². The molecule has 0 spiro atoms. The van der Waals surface area contributed by atoms with Crippen molar-refractivity contribution in [2.45, 2.75) is 6.92 Å². The summed E-state index contributed by atoms with van der Waals surface area (Å²) in [5.41, 5.74) is 3.86. The molecule has 0 unspecified atom stereocenters. The molecule has 0 aliphatic rings. The van der Waals surface area contributed by atoms with Crippen LogP contribution in [0.1, 0.15) is 5.69 Å². The first-order chi connectivity index (χ1) is 4.74. The first-order valence-electron chi connectivity index (χ1n) is 3.11. The molecular formula is C7H10N2O. The van der Waals surface area contributed by atoms with E-state index in [4.69, 9.17) is 0 Å². The van der Waals surface area contributed by atoms with Gasteiger partial charge in [-0.25, -0.2) is 0 Å². The van der Waals surface area contributed by atoms with Crippen LogP contribution < -0.4 is 10.9 Å². The Morgan fingerprint density at radius 3 is 2.80 bits per heavy atom. The normalized spacial score (nSPS) is 9.40. The van der Waals surface area contributed by atoms with Crippen LogP contribution in [0.2, 0.25) is 0 Å². The molecule has 0 aliphatic carbocycles. The van der Waals surface area contributed by atoms with Crippen LogP contribution in [0.15, 0.2) is 23.1 Å². The lowest BCUT2D eigenvalue weighted by Gasteiger charge is -2.06. The van der Waals surface area contributed by atoms with E-state index in [1.807, 2.05) is 6.92 Å².